The maximum Gasteiger partial charge on any atom is 0.324 e. The Morgan fingerprint density at radius 3 is 2.23 bits per heavy atom. The molecule has 0 aromatic rings. The van der Waals surface area contributed by atoms with Crippen LogP contribution in [0.1, 0.15) is 6.92 Å². The summed E-state index contributed by atoms with van der Waals surface area (Å²) < 4.78 is 0. The number of carbonyl (C=O) groups excluding carboxylic acids is 2. The maximum atomic E-state index is 11.5. The number of amides is 3. The molecule has 0 spiro atoms. The summed E-state index contributed by atoms with van der Waals surface area (Å²) in [6.45, 7) is 8.12. The molecule has 1 unspecified atom stereocenters. The Hall–Kier alpha value is -0.843. The van der Waals surface area contributed by atoms with Gasteiger partial charge in [0.05, 0.1) is 8.07 Å². The minimum absolute atomic E-state index is 0.0903. The first-order valence-electron chi connectivity index (χ1n) is 4.43. The molecule has 0 aromatic heterocycles. The van der Waals surface area contributed by atoms with Gasteiger partial charge in [-0.25, -0.2) is 4.79 Å². The quantitative estimate of drug-likeness (QED) is 0.529. The van der Waals surface area contributed by atoms with Gasteiger partial charge in [-0.15, -0.1) is 0 Å². The molecule has 1 N–H and O–H groups in total. The van der Waals surface area contributed by atoms with Crippen molar-refractivity contribution in [3.63, 3.8) is 0 Å². The number of nitrogens with one attached hydrogen (secondary N) is 1. The van der Waals surface area contributed by atoms with Crippen molar-refractivity contribution in [3.8, 4) is 0 Å². The first kappa shape index (κ1) is 10.2. The molecule has 1 atom stereocenters. The lowest BCUT2D eigenvalue weighted by Crippen LogP contribution is -2.43. The zero-order chi connectivity index (χ0) is 10.2. The van der Waals surface area contributed by atoms with E-state index in [9.17, 15) is 9.59 Å². The van der Waals surface area contributed by atoms with Crippen LogP contribution >= 0.6 is 0 Å². The molecule has 0 radical (unpaired) electrons. The second-order valence-corrected chi connectivity index (χ2v) is 10.1. The molecule has 3 amide bonds. The first-order valence-corrected chi connectivity index (χ1v) is 8.14. The lowest BCUT2D eigenvalue weighted by Gasteiger charge is -2.22. The van der Waals surface area contributed by atoms with Crippen molar-refractivity contribution in [1.29, 1.82) is 0 Å². The van der Waals surface area contributed by atoms with Gasteiger partial charge in [0.15, 0.2) is 0 Å². The van der Waals surface area contributed by atoms with Crippen molar-refractivity contribution in [2.75, 3.05) is 6.17 Å². The van der Waals surface area contributed by atoms with E-state index in [2.05, 4.69) is 25.0 Å². The van der Waals surface area contributed by atoms with Crippen molar-refractivity contribution < 1.29 is 9.59 Å². The number of nitrogens with zero attached hydrogens (tertiary/aromatic N) is 1. The van der Waals surface area contributed by atoms with Crippen LogP contribution in [0.4, 0.5) is 4.79 Å². The molecule has 1 fully saturated rings. The Kier molecular flexibility index (Phi) is 2.47. The van der Waals surface area contributed by atoms with Gasteiger partial charge >= 0.3 is 6.03 Å². The average molecular weight is 200 g/mol. The molecule has 1 aliphatic rings. The van der Waals surface area contributed by atoms with Crippen LogP contribution in [-0.4, -0.2) is 37.1 Å². The van der Waals surface area contributed by atoms with Crippen molar-refractivity contribution in [2.45, 2.75) is 32.6 Å². The van der Waals surface area contributed by atoms with E-state index < -0.39 is 8.07 Å². The highest BCUT2D eigenvalue weighted by molar-refractivity contribution is 6.76. The van der Waals surface area contributed by atoms with Crippen LogP contribution in [-0.2, 0) is 4.79 Å². The van der Waals surface area contributed by atoms with Crippen molar-refractivity contribution in [3.05, 3.63) is 0 Å². The Morgan fingerprint density at radius 2 is 1.92 bits per heavy atom. The van der Waals surface area contributed by atoms with Crippen LogP contribution < -0.4 is 5.32 Å². The molecule has 74 valence electrons. The fraction of sp³-hybridized carbons (Fsp3) is 0.750. The predicted molar refractivity (Wildman–Crippen MR) is 53.1 cm³/mol. The van der Waals surface area contributed by atoms with Crippen LogP contribution in [0.5, 0.6) is 0 Å². The normalized spacial score (nSPS) is 23.7. The Balaban J connectivity index is 2.70. The zero-order valence-electron chi connectivity index (χ0n) is 8.55. The molecular weight excluding hydrogens is 184 g/mol. The van der Waals surface area contributed by atoms with E-state index in [1.54, 1.807) is 6.92 Å². The summed E-state index contributed by atoms with van der Waals surface area (Å²) in [6.07, 6.45) is 0.613. The maximum absolute atomic E-state index is 11.5. The van der Waals surface area contributed by atoms with Crippen LogP contribution in [0.15, 0.2) is 0 Å². The zero-order valence-corrected chi connectivity index (χ0v) is 9.55. The van der Waals surface area contributed by atoms with Crippen molar-refractivity contribution >= 4 is 20.0 Å². The minimum atomic E-state index is -1.39. The fourth-order valence-corrected chi connectivity index (χ4v) is 2.53. The van der Waals surface area contributed by atoms with E-state index >= 15 is 0 Å². The second kappa shape index (κ2) is 3.14. The predicted octanol–water partition coefficient (Wildman–Crippen LogP) is 0.804. The van der Waals surface area contributed by atoms with E-state index in [1.807, 2.05) is 0 Å². The first-order chi connectivity index (χ1) is 5.81. The summed E-state index contributed by atoms with van der Waals surface area (Å²) in [6, 6.07) is -0.580. The monoisotopic (exact) mass is 200 g/mol. The summed E-state index contributed by atoms with van der Waals surface area (Å²) >= 11 is 0. The molecule has 4 nitrogen and oxygen atoms in total. The molecule has 0 aromatic carbocycles. The lowest BCUT2D eigenvalue weighted by molar-refractivity contribution is -0.126. The van der Waals surface area contributed by atoms with Gasteiger partial charge in [-0.2, -0.15) is 0 Å². The molecule has 0 bridgehead atoms. The van der Waals surface area contributed by atoms with E-state index in [-0.39, 0.29) is 18.0 Å². The Labute approximate surface area is 79.3 Å². The molecule has 1 aliphatic heterocycles. The second-order valence-electron chi connectivity index (χ2n) is 4.66. The molecule has 13 heavy (non-hydrogen) atoms. The number of imide groups is 1. The summed E-state index contributed by atoms with van der Waals surface area (Å²) in [7, 11) is -1.39. The van der Waals surface area contributed by atoms with E-state index in [4.69, 9.17) is 0 Å². The van der Waals surface area contributed by atoms with Crippen LogP contribution in [0.3, 0.4) is 0 Å². The molecular formula is C8H16N2O2Si. The summed E-state index contributed by atoms with van der Waals surface area (Å²) in [4.78, 5) is 24.1. The molecule has 1 saturated heterocycles. The van der Waals surface area contributed by atoms with Gasteiger partial charge in [0.1, 0.15) is 6.04 Å². The summed E-state index contributed by atoms with van der Waals surface area (Å²) in [5.74, 6) is -0.0903. The van der Waals surface area contributed by atoms with E-state index in [0.29, 0.717) is 6.17 Å². The molecule has 5 heteroatoms. The smallest absolute Gasteiger partial charge is 0.324 e. The highest BCUT2D eigenvalue weighted by Gasteiger charge is 2.37. The number of hydrogen-bond donors (Lipinski definition) is 1. The average Bonchev–Trinajstić information content (AvgIpc) is 2.14. The number of carbonyl (C=O) groups is 2. The van der Waals surface area contributed by atoms with Crippen LogP contribution in [0.2, 0.25) is 19.6 Å². The van der Waals surface area contributed by atoms with Crippen LogP contribution in [0, 0.1) is 0 Å². The van der Waals surface area contributed by atoms with Crippen molar-refractivity contribution in [1.82, 2.24) is 10.2 Å². The molecule has 1 rings (SSSR count). The van der Waals surface area contributed by atoms with Gasteiger partial charge < -0.3 is 5.32 Å². The third kappa shape index (κ3) is 2.30. The number of urea groups is 1. The topological polar surface area (TPSA) is 49.4 Å². The highest BCUT2D eigenvalue weighted by atomic mass is 28.3. The third-order valence-electron chi connectivity index (χ3n) is 1.85. The van der Waals surface area contributed by atoms with E-state index in [1.165, 1.54) is 4.90 Å². The summed E-state index contributed by atoms with van der Waals surface area (Å²) in [5.41, 5.74) is 0. The SMILES string of the molecule is CC1NC(=O)N(C[Si](C)(C)C)C1=O. The van der Waals surface area contributed by atoms with Gasteiger partial charge in [0, 0.05) is 6.17 Å². The highest BCUT2D eigenvalue weighted by Crippen LogP contribution is 2.10. The Bertz CT molecular complexity index is 247. The summed E-state index contributed by atoms with van der Waals surface area (Å²) in [5, 5.41) is 2.60. The van der Waals surface area contributed by atoms with Gasteiger partial charge in [-0.1, -0.05) is 19.6 Å². The molecule has 0 saturated carbocycles. The Morgan fingerprint density at radius 1 is 1.38 bits per heavy atom. The number of hydrogen-bond acceptors (Lipinski definition) is 2. The molecule has 0 aliphatic carbocycles. The lowest BCUT2D eigenvalue weighted by atomic mass is 10.3. The fourth-order valence-electron chi connectivity index (χ4n) is 1.28. The minimum Gasteiger partial charge on any atom is -0.326 e. The largest absolute Gasteiger partial charge is 0.326 e. The number of rotatable bonds is 2. The standard InChI is InChI=1S/C8H16N2O2Si/c1-6-7(11)10(8(12)9-6)5-13(2,3)4/h6H,5H2,1-4H3,(H,9,12). The van der Waals surface area contributed by atoms with Gasteiger partial charge in [-0.3, -0.25) is 9.69 Å². The van der Waals surface area contributed by atoms with Crippen LogP contribution in [0.25, 0.3) is 0 Å². The molecule has 1 heterocycles. The van der Waals surface area contributed by atoms with Gasteiger partial charge in [0.2, 0.25) is 0 Å². The van der Waals surface area contributed by atoms with Gasteiger partial charge in [0.25, 0.3) is 5.91 Å². The third-order valence-corrected chi connectivity index (χ3v) is 3.12. The van der Waals surface area contributed by atoms with Gasteiger partial charge in [-0.05, 0) is 6.92 Å². The van der Waals surface area contributed by atoms with E-state index in [0.717, 1.165) is 0 Å². The van der Waals surface area contributed by atoms with Crippen molar-refractivity contribution in [2.24, 2.45) is 0 Å².